The molecule has 14 heavy (non-hydrogen) atoms. The second kappa shape index (κ2) is 5.32. The van der Waals surface area contributed by atoms with Crippen molar-refractivity contribution in [3.63, 3.8) is 0 Å². The van der Waals surface area contributed by atoms with Gasteiger partial charge in [-0.3, -0.25) is 0 Å². The molecule has 0 radical (unpaired) electrons. The molecule has 3 nitrogen and oxygen atoms in total. The molecule has 0 bridgehead atoms. The highest BCUT2D eigenvalue weighted by Crippen LogP contribution is 2.19. The van der Waals surface area contributed by atoms with E-state index >= 15 is 0 Å². The first-order valence-corrected chi connectivity index (χ1v) is 5.87. The van der Waals surface area contributed by atoms with Crippen molar-refractivity contribution in [2.45, 2.75) is 25.1 Å². The standard InChI is InChI=1S/C10H17N3S/c1-10(2,14-3)7-12-6-9-4-5-11-8-13-9/h4-5,8,12H,6-7H2,1-3H3. The molecule has 0 aliphatic rings. The average molecular weight is 211 g/mol. The minimum atomic E-state index is 0.285. The zero-order valence-electron chi connectivity index (χ0n) is 8.95. The quantitative estimate of drug-likeness (QED) is 0.804. The molecule has 78 valence electrons. The molecule has 0 spiro atoms. The molecule has 0 fully saturated rings. The number of thioether (sulfide) groups is 1. The van der Waals surface area contributed by atoms with Crippen LogP contribution in [0.5, 0.6) is 0 Å². The van der Waals surface area contributed by atoms with Crippen LogP contribution < -0.4 is 5.32 Å². The summed E-state index contributed by atoms with van der Waals surface area (Å²) in [6.45, 7) is 6.25. The normalized spacial score (nSPS) is 11.6. The summed E-state index contributed by atoms with van der Waals surface area (Å²) in [5.41, 5.74) is 1.04. The Labute approximate surface area is 89.7 Å². The van der Waals surface area contributed by atoms with E-state index in [0.29, 0.717) is 0 Å². The van der Waals surface area contributed by atoms with Crippen molar-refractivity contribution < 1.29 is 0 Å². The minimum Gasteiger partial charge on any atom is -0.310 e. The van der Waals surface area contributed by atoms with Crippen LogP contribution >= 0.6 is 11.8 Å². The summed E-state index contributed by atoms with van der Waals surface area (Å²) >= 11 is 1.87. The monoisotopic (exact) mass is 211 g/mol. The zero-order valence-corrected chi connectivity index (χ0v) is 9.77. The third-order valence-corrected chi connectivity index (χ3v) is 3.30. The van der Waals surface area contributed by atoms with Crippen LogP contribution in [-0.4, -0.2) is 27.5 Å². The highest BCUT2D eigenvalue weighted by Gasteiger charge is 2.14. The fourth-order valence-electron chi connectivity index (χ4n) is 0.986. The van der Waals surface area contributed by atoms with Gasteiger partial charge in [0.2, 0.25) is 0 Å². The molecule has 1 heterocycles. The number of hydrogen-bond acceptors (Lipinski definition) is 4. The number of nitrogens with zero attached hydrogens (tertiary/aromatic N) is 2. The number of rotatable bonds is 5. The van der Waals surface area contributed by atoms with Crippen LogP contribution in [-0.2, 0) is 6.54 Å². The maximum absolute atomic E-state index is 4.14. The fourth-order valence-corrected chi connectivity index (χ4v) is 1.23. The number of aromatic nitrogens is 2. The van der Waals surface area contributed by atoms with E-state index < -0.39 is 0 Å². The van der Waals surface area contributed by atoms with Gasteiger partial charge in [0.1, 0.15) is 6.33 Å². The topological polar surface area (TPSA) is 37.8 Å². The average Bonchev–Trinajstić information content (AvgIpc) is 2.19. The van der Waals surface area contributed by atoms with Gasteiger partial charge in [0.05, 0.1) is 5.69 Å². The van der Waals surface area contributed by atoms with E-state index in [4.69, 9.17) is 0 Å². The molecule has 0 saturated heterocycles. The highest BCUT2D eigenvalue weighted by molar-refractivity contribution is 7.99. The highest BCUT2D eigenvalue weighted by atomic mass is 32.2. The van der Waals surface area contributed by atoms with Gasteiger partial charge in [0.15, 0.2) is 0 Å². The zero-order chi connectivity index (χ0) is 10.4. The van der Waals surface area contributed by atoms with Crippen molar-refractivity contribution in [3.05, 3.63) is 24.3 Å². The third kappa shape index (κ3) is 4.07. The van der Waals surface area contributed by atoms with E-state index in [1.54, 1.807) is 12.5 Å². The van der Waals surface area contributed by atoms with Crippen LogP contribution in [0.25, 0.3) is 0 Å². The molecule has 0 saturated carbocycles. The molecule has 1 rings (SSSR count). The molecule has 0 aliphatic heterocycles. The molecular weight excluding hydrogens is 194 g/mol. The Bertz CT molecular complexity index is 261. The van der Waals surface area contributed by atoms with Gasteiger partial charge in [-0.2, -0.15) is 11.8 Å². The first-order valence-electron chi connectivity index (χ1n) is 4.65. The summed E-state index contributed by atoms with van der Waals surface area (Å²) < 4.78 is 0.285. The van der Waals surface area contributed by atoms with Crippen LogP contribution in [0, 0.1) is 0 Å². The Morgan fingerprint density at radius 2 is 2.29 bits per heavy atom. The predicted molar refractivity (Wildman–Crippen MR) is 61.3 cm³/mol. The molecule has 0 unspecified atom stereocenters. The van der Waals surface area contributed by atoms with Gasteiger partial charge in [-0.05, 0) is 26.2 Å². The summed E-state index contributed by atoms with van der Waals surface area (Å²) in [7, 11) is 0. The van der Waals surface area contributed by atoms with Crippen LogP contribution in [0.15, 0.2) is 18.6 Å². The maximum Gasteiger partial charge on any atom is 0.115 e. The SMILES string of the molecule is CSC(C)(C)CNCc1ccncn1. The molecule has 0 atom stereocenters. The second-order valence-electron chi connectivity index (χ2n) is 3.77. The van der Waals surface area contributed by atoms with E-state index in [1.807, 2.05) is 17.8 Å². The molecule has 1 aromatic rings. The molecule has 0 aromatic carbocycles. The molecular formula is C10H17N3S. The lowest BCUT2D eigenvalue weighted by atomic mass is 10.2. The van der Waals surface area contributed by atoms with Crippen molar-refractivity contribution in [1.29, 1.82) is 0 Å². The minimum absolute atomic E-state index is 0.285. The first-order chi connectivity index (χ1) is 6.64. The number of hydrogen-bond donors (Lipinski definition) is 1. The van der Waals surface area contributed by atoms with E-state index in [9.17, 15) is 0 Å². The lowest BCUT2D eigenvalue weighted by molar-refractivity contribution is 0.585. The van der Waals surface area contributed by atoms with E-state index in [1.165, 1.54) is 0 Å². The maximum atomic E-state index is 4.14. The van der Waals surface area contributed by atoms with Gasteiger partial charge in [0, 0.05) is 24.0 Å². The van der Waals surface area contributed by atoms with Crippen LogP contribution in [0.4, 0.5) is 0 Å². The molecule has 4 heteroatoms. The molecule has 0 amide bonds. The summed E-state index contributed by atoms with van der Waals surface area (Å²) in [6, 6.07) is 1.93. The van der Waals surface area contributed by atoms with Gasteiger partial charge in [-0.1, -0.05) is 0 Å². The van der Waals surface area contributed by atoms with Crippen LogP contribution in [0.3, 0.4) is 0 Å². The fraction of sp³-hybridized carbons (Fsp3) is 0.600. The van der Waals surface area contributed by atoms with Gasteiger partial charge in [-0.15, -0.1) is 0 Å². The van der Waals surface area contributed by atoms with E-state index in [2.05, 4.69) is 35.4 Å². The second-order valence-corrected chi connectivity index (χ2v) is 5.28. The van der Waals surface area contributed by atoms with Crippen molar-refractivity contribution in [2.24, 2.45) is 0 Å². The molecule has 1 aromatic heterocycles. The first kappa shape index (κ1) is 11.5. The van der Waals surface area contributed by atoms with Crippen molar-refractivity contribution in [1.82, 2.24) is 15.3 Å². The largest absolute Gasteiger partial charge is 0.310 e. The Balaban J connectivity index is 2.29. The van der Waals surface area contributed by atoms with Gasteiger partial charge < -0.3 is 5.32 Å². The molecule has 0 aliphatic carbocycles. The van der Waals surface area contributed by atoms with Crippen LogP contribution in [0.1, 0.15) is 19.5 Å². The smallest absolute Gasteiger partial charge is 0.115 e. The van der Waals surface area contributed by atoms with Gasteiger partial charge in [0.25, 0.3) is 0 Å². The summed E-state index contributed by atoms with van der Waals surface area (Å²) in [4.78, 5) is 8.02. The Morgan fingerprint density at radius 3 is 2.86 bits per heavy atom. The summed E-state index contributed by atoms with van der Waals surface area (Å²) in [5.74, 6) is 0. The van der Waals surface area contributed by atoms with Crippen molar-refractivity contribution >= 4 is 11.8 Å². The third-order valence-electron chi connectivity index (χ3n) is 2.05. The molecule has 1 N–H and O–H groups in total. The lowest BCUT2D eigenvalue weighted by Crippen LogP contribution is -2.31. The van der Waals surface area contributed by atoms with Crippen molar-refractivity contribution in [3.8, 4) is 0 Å². The Morgan fingerprint density at radius 1 is 1.50 bits per heavy atom. The summed E-state index contributed by atoms with van der Waals surface area (Å²) in [6.07, 6.45) is 5.48. The van der Waals surface area contributed by atoms with Crippen LogP contribution in [0.2, 0.25) is 0 Å². The Hall–Kier alpha value is -0.610. The van der Waals surface area contributed by atoms with E-state index in [-0.39, 0.29) is 4.75 Å². The van der Waals surface area contributed by atoms with Crippen molar-refractivity contribution in [2.75, 3.05) is 12.8 Å². The Kier molecular flexibility index (Phi) is 4.35. The van der Waals surface area contributed by atoms with E-state index in [0.717, 1.165) is 18.8 Å². The lowest BCUT2D eigenvalue weighted by Gasteiger charge is -2.22. The predicted octanol–water partition coefficient (Wildman–Crippen LogP) is 1.71. The number of nitrogens with one attached hydrogen (secondary N) is 1. The van der Waals surface area contributed by atoms with Gasteiger partial charge >= 0.3 is 0 Å². The van der Waals surface area contributed by atoms with Gasteiger partial charge in [-0.25, -0.2) is 9.97 Å². The summed E-state index contributed by atoms with van der Waals surface area (Å²) in [5, 5.41) is 3.38.